The van der Waals surface area contributed by atoms with Crippen molar-refractivity contribution < 1.29 is 14.3 Å². The van der Waals surface area contributed by atoms with Crippen LogP contribution in [0.3, 0.4) is 0 Å². The molecule has 0 aromatic rings. The highest BCUT2D eigenvalue weighted by Gasteiger charge is 2.54. The summed E-state index contributed by atoms with van der Waals surface area (Å²) in [7, 11) is 0. The molecule has 4 unspecified atom stereocenters. The molecule has 4 nitrogen and oxygen atoms in total. The van der Waals surface area contributed by atoms with Crippen molar-refractivity contribution in [3.8, 4) is 0 Å². The summed E-state index contributed by atoms with van der Waals surface area (Å²) in [6.07, 6.45) is 9.30. The highest BCUT2D eigenvalue weighted by Crippen LogP contribution is 2.53. The Bertz CT molecular complexity index is 629. The second-order valence-corrected chi connectivity index (χ2v) is 8.18. The molecule has 2 heterocycles. The van der Waals surface area contributed by atoms with Crippen LogP contribution in [0.2, 0.25) is 0 Å². The van der Waals surface area contributed by atoms with E-state index in [1.165, 1.54) is 19.3 Å². The van der Waals surface area contributed by atoms with Crippen LogP contribution < -0.4 is 0 Å². The lowest BCUT2D eigenvalue weighted by atomic mass is 9.61. The Balaban J connectivity index is 1.60. The van der Waals surface area contributed by atoms with Gasteiger partial charge in [0.1, 0.15) is 6.10 Å². The maximum absolute atomic E-state index is 12.6. The number of hydrogen-bond acceptors (Lipinski definition) is 4. The zero-order chi connectivity index (χ0) is 16.9. The van der Waals surface area contributed by atoms with Crippen LogP contribution in [0, 0.1) is 17.3 Å². The summed E-state index contributed by atoms with van der Waals surface area (Å²) in [5.74, 6) is 0.219. The van der Waals surface area contributed by atoms with E-state index in [0.717, 1.165) is 43.6 Å². The first kappa shape index (κ1) is 16.1. The number of fused-ring (bicyclic) bond motifs is 3. The fourth-order valence-electron chi connectivity index (χ4n) is 5.20. The Morgan fingerprint density at radius 1 is 1.25 bits per heavy atom. The highest BCUT2D eigenvalue weighted by atomic mass is 16.6. The molecule has 4 aliphatic rings. The molecule has 0 amide bonds. The summed E-state index contributed by atoms with van der Waals surface area (Å²) in [5, 5.41) is 0. The average molecular weight is 329 g/mol. The van der Waals surface area contributed by atoms with E-state index in [2.05, 4.69) is 11.8 Å². The summed E-state index contributed by atoms with van der Waals surface area (Å²) in [4.78, 5) is 27.2. The topological polar surface area (TPSA) is 46.6 Å². The molecule has 24 heavy (non-hydrogen) atoms. The van der Waals surface area contributed by atoms with Crippen molar-refractivity contribution in [2.24, 2.45) is 17.3 Å². The van der Waals surface area contributed by atoms with Crippen LogP contribution in [0.5, 0.6) is 0 Å². The number of rotatable bonds is 2. The van der Waals surface area contributed by atoms with E-state index in [-0.39, 0.29) is 35.1 Å². The number of ketones is 1. The second-order valence-electron chi connectivity index (χ2n) is 8.18. The van der Waals surface area contributed by atoms with Gasteiger partial charge in [-0.25, -0.2) is 0 Å². The quantitative estimate of drug-likeness (QED) is 0.731. The maximum atomic E-state index is 12.6. The number of esters is 1. The standard InChI is InChI=1S/C20H27NO3/c1-13-16(22)7-9-20(2)8-6-14-15(12-21-10-4-3-5-11-21)19(23)24-18(14)17(13)20/h7,9,14-15,18H,3-6,8,10-12H2,1-2H3. The smallest absolute Gasteiger partial charge is 0.311 e. The molecule has 2 aliphatic carbocycles. The predicted octanol–water partition coefficient (Wildman–Crippen LogP) is 2.89. The minimum atomic E-state index is -0.194. The largest absolute Gasteiger partial charge is 0.457 e. The number of carbonyl (C=O) groups excluding carboxylic acids is 2. The van der Waals surface area contributed by atoms with Crippen molar-refractivity contribution >= 4 is 11.8 Å². The Labute approximate surface area is 143 Å². The fraction of sp³-hybridized carbons (Fsp3) is 0.700. The van der Waals surface area contributed by atoms with E-state index in [4.69, 9.17) is 4.74 Å². The lowest BCUT2D eigenvalue weighted by Gasteiger charge is -2.43. The van der Waals surface area contributed by atoms with Gasteiger partial charge < -0.3 is 9.64 Å². The fourth-order valence-corrected chi connectivity index (χ4v) is 5.20. The number of hydrogen-bond donors (Lipinski definition) is 0. The normalized spacial score (nSPS) is 39.7. The SMILES string of the molecule is CC1=C2C3OC(=O)C(CN4CCCCC4)C3CCC2(C)C=CC1=O. The third-order valence-electron chi connectivity index (χ3n) is 6.63. The van der Waals surface area contributed by atoms with Crippen LogP contribution in [0.15, 0.2) is 23.3 Å². The van der Waals surface area contributed by atoms with Crippen molar-refractivity contribution in [2.45, 2.75) is 52.1 Å². The lowest BCUT2D eigenvalue weighted by Crippen LogP contribution is -2.42. The van der Waals surface area contributed by atoms with Gasteiger partial charge in [0, 0.05) is 23.5 Å². The molecule has 0 aromatic carbocycles. The number of nitrogens with zero attached hydrogens (tertiary/aromatic N) is 1. The Morgan fingerprint density at radius 3 is 2.75 bits per heavy atom. The van der Waals surface area contributed by atoms with Crippen LogP contribution in [-0.4, -0.2) is 42.4 Å². The molecule has 2 aliphatic heterocycles. The van der Waals surface area contributed by atoms with Crippen LogP contribution in [0.25, 0.3) is 0 Å². The van der Waals surface area contributed by atoms with E-state index >= 15 is 0 Å². The van der Waals surface area contributed by atoms with E-state index in [9.17, 15) is 9.59 Å². The average Bonchev–Trinajstić information content (AvgIpc) is 2.88. The minimum absolute atomic E-state index is 0.0287. The molecule has 130 valence electrons. The molecule has 3 fully saturated rings. The number of carbonyl (C=O) groups is 2. The van der Waals surface area contributed by atoms with Crippen LogP contribution in [0.4, 0.5) is 0 Å². The highest BCUT2D eigenvalue weighted by molar-refractivity contribution is 6.05. The molecule has 0 aromatic heterocycles. The summed E-state index contributed by atoms with van der Waals surface area (Å²) in [6, 6.07) is 0. The van der Waals surface area contributed by atoms with Crippen molar-refractivity contribution in [2.75, 3.05) is 19.6 Å². The molecular formula is C20H27NO3. The number of ether oxygens (including phenoxy) is 1. The van der Waals surface area contributed by atoms with Crippen LogP contribution >= 0.6 is 0 Å². The predicted molar refractivity (Wildman–Crippen MR) is 91.3 cm³/mol. The molecule has 0 radical (unpaired) electrons. The van der Waals surface area contributed by atoms with Gasteiger partial charge in [0.2, 0.25) is 0 Å². The second kappa shape index (κ2) is 5.83. The van der Waals surface area contributed by atoms with Crippen LogP contribution in [0.1, 0.15) is 46.0 Å². The molecule has 0 spiro atoms. The van der Waals surface area contributed by atoms with Gasteiger partial charge in [-0.15, -0.1) is 0 Å². The molecule has 0 bridgehead atoms. The first-order valence-electron chi connectivity index (χ1n) is 9.37. The first-order chi connectivity index (χ1) is 11.5. The van der Waals surface area contributed by atoms with Gasteiger partial charge >= 0.3 is 5.97 Å². The van der Waals surface area contributed by atoms with E-state index < -0.39 is 0 Å². The maximum Gasteiger partial charge on any atom is 0.311 e. The van der Waals surface area contributed by atoms with E-state index in [1.807, 2.05) is 13.0 Å². The van der Waals surface area contributed by atoms with Gasteiger partial charge in [-0.05, 0) is 57.3 Å². The van der Waals surface area contributed by atoms with Gasteiger partial charge in [0.25, 0.3) is 0 Å². The van der Waals surface area contributed by atoms with Crippen molar-refractivity contribution in [1.29, 1.82) is 0 Å². The molecule has 0 N–H and O–H groups in total. The summed E-state index contributed by atoms with van der Waals surface area (Å²) < 4.78 is 5.86. The Morgan fingerprint density at radius 2 is 2.00 bits per heavy atom. The van der Waals surface area contributed by atoms with Crippen molar-refractivity contribution in [3.63, 3.8) is 0 Å². The minimum Gasteiger partial charge on any atom is -0.457 e. The van der Waals surface area contributed by atoms with Gasteiger partial charge in [0.15, 0.2) is 5.78 Å². The first-order valence-corrected chi connectivity index (χ1v) is 9.37. The lowest BCUT2D eigenvalue weighted by molar-refractivity contribution is -0.144. The van der Waals surface area contributed by atoms with Gasteiger partial charge in [-0.1, -0.05) is 19.4 Å². The molecule has 4 atom stereocenters. The molecule has 1 saturated carbocycles. The monoisotopic (exact) mass is 329 g/mol. The Hall–Kier alpha value is -1.42. The summed E-state index contributed by atoms with van der Waals surface area (Å²) in [6.45, 7) is 7.10. The Kier molecular flexibility index (Phi) is 3.91. The van der Waals surface area contributed by atoms with Crippen molar-refractivity contribution in [3.05, 3.63) is 23.3 Å². The van der Waals surface area contributed by atoms with Gasteiger partial charge in [-0.2, -0.15) is 0 Å². The van der Waals surface area contributed by atoms with E-state index in [1.54, 1.807) is 6.08 Å². The number of likely N-dealkylation sites (tertiary alicyclic amines) is 1. The molecular weight excluding hydrogens is 302 g/mol. The third kappa shape index (κ3) is 2.46. The summed E-state index contributed by atoms with van der Waals surface area (Å²) in [5.41, 5.74) is 1.74. The number of piperidine rings is 1. The zero-order valence-electron chi connectivity index (χ0n) is 14.7. The zero-order valence-corrected chi connectivity index (χ0v) is 14.7. The van der Waals surface area contributed by atoms with E-state index in [0.29, 0.717) is 0 Å². The molecule has 2 saturated heterocycles. The molecule has 4 heteroatoms. The van der Waals surface area contributed by atoms with Gasteiger partial charge in [0.05, 0.1) is 5.92 Å². The number of allylic oxidation sites excluding steroid dienone is 3. The van der Waals surface area contributed by atoms with Crippen LogP contribution in [-0.2, 0) is 14.3 Å². The summed E-state index contributed by atoms with van der Waals surface area (Å²) >= 11 is 0. The molecule has 4 rings (SSSR count). The van der Waals surface area contributed by atoms with Gasteiger partial charge in [-0.3, -0.25) is 9.59 Å². The van der Waals surface area contributed by atoms with Crippen molar-refractivity contribution in [1.82, 2.24) is 4.90 Å². The third-order valence-corrected chi connectivity index (χ3v) is 6.63.